The van der Waals surface area contributed by atoms with E-state index in [4.69, 9.17) is 10.6 Å². The molecular weight excluding hydrogens is 128 g/mol. The Labute approximate surface area is 62.2 Å². The summed E-state index contributed by atoms with van der Waals surface area (Å²) in [7, 11) is 0. The summed E-state index contributed by atoms with van der Waals surface area (Å²) in [5.41, 5.74) is 5.22. The average molecular weight is 144 g/mol. The Morgan fingerprint density at radius 1 is 1.60 bits per heavy atom. The molecule has 0 bridgehead atoms. The van der Waals surface area contributed by atoms with Crippen LogP contribution in [0.1, 0.15) is 20.3 Å². The summed E-state index contributed by atoms with van der Waals surface area (Å²) < 4.78 is 0. The Hall–Kier alpha value is -0.570. The smallest absolute Gasteiger partial charge is 0.119 e. The van der Waals surface area contributed by atoms with Gasteiger partial charge < -0.3 is 10.6 Å². The van der Waals surface area contributed by atoms with Crippen molar-refractivity contribution in [1.82, 2.24) is 0 Å². The SMILES string of the molecule is CC(C)CON=CCCN. The maximum atomic E-state index is 5.22. The van der Waals surface area contributed by atoms with Crippen molar-refractivity contribution in [2.24, 2.45) is 16.8 Å². The standard InChI is InChI=1S/C7H16N2O/c1-7(2)6-10-9-5-3-4-8/h5,7H,3-4,6,8H2,1-2H3. The van der Waals surface area contributed by atoms with Crippen LogP contribution in [0.15, 0.2) is 5.16 Å². The Balaban J connectivity index is 3.02. The van der Waals surface area contributed by atoms with E-state index < -0.39 is 0 Å². The zero-order valence-corrected chi connectivity index (χ0v) is 6.71. The molecule has 3 nitrogen and oxygen atoms in total. The average Bonchev–Trinajstić information content (AvgIpc) is 1.87. The first kappa shape index (κ1) is 9.43. The van der Waals surface area contributed by atoms with Crippen molar-refractivity contribution in [3.05, 3.63) is 0 Å². The number of hydrogen-bond donors (Lipinski definition) is 1. The van der Waals surface area contributed by atoms with Gasteiger partial charge in [-0.1, -0.05) is 19.0 Å². The minimum absolute atomic E-state index is 0.537. The number of nitrogens with two attached hydrogens (primary N) is 1. The minimum atomic E-state index is 0.537. The number of hydrogen-bond acceptors (Lipinski definition) is 3. The normalized spacial score (nSPS) is 11.2. The molecule has 0 radical (unpaired) electrons. The van der Waals surface area contributed by atoms with Gasteiger partial charge in [0.25, 0.3) is 0 Å². The van der Waals surface area contributed by atoms with E-state index in [1.54, 1.807) is 6.21 Å². The summed E-state index contributed by atoms with van der Waals surface area (Å²) in [4.78, 5) is 4.91. The fourth-order valence-electron chi connectivity index (χ4n) is 0.372. The molecule has 0 amide bonds. The molecule has 0 heterocycles. The molecule has 0 rings (SSSR count). The highest BCUT2D eigenvalue weighted by Crippen LogP contribution is 1.91. The molecule has 0 aliphatic carbocycles. The molecule has 0 saturated carbocycles. The summed E-state index contributed by atoms with van der Waals surface area (Å²) in [6.07, 6.45) is 2.49. The fraction of sp³-hybridized carbons (Fsp3) is 0.857. The van der Waals surface area contributed by atoms with E-state index in [0.29, 0.717) is 19.1 Å². The first-order valence-corrected chi connectivity index (χ1v) is 3.61. The molecule has 60 valence electrons. The zero-order chi connectivity index (χ0) is 7.82. The van der Waals surface area contributed by atoms with Crippen LogP contribution in [0, 0.1) is 5.92 Å². The van der Waals surface area contributed by atoms with Crippen LogP contribution in [0.25, 0.3) is 0 Å². The van der Waals surface area contributed by atoms with Gasteiger partial charge in [0, 0.05) is 6.21 Å². The molecule has 10 heavy (non-hydrogen) atoms. The second-order valence-corrected chi connectivity index (χ2v) is 2.55. The molecule has 0 fully saturated rings. The highest BCUT2D eigenvalue weighted by atomic mass is 16.6. The maximum Gasteiger partial charge on any atom is 0.119 e. The molecule has 0 unspecified atom stereocenters. The molecule has 0 aliphatic heterocycles. The van der Waals surface area contributed by atoms with E-state index in [0.717, 1.165) is 6.42 Å². The topological polar surface area (TPSA) is 47.6 Å². The highest BCUT2D eigenvalue weighted by molar-refractivity contribution is 5.56. The van der Waals surface area contributed by atoms with E-state index in [2.05, 4.69) is 19.0 Å². The Kier molecular flexibility index (Phi) is 6.18. The van der Waals surface area contributed by atoms with Crippen LogP contribution in [0.4, 0.5) is 0 Å². The lowest BCUT2D eigenvalue weighted by Gasteiger charge is -2.00. The minimum Gasteiger partial charge on any atom is -0.396 e. The van der Waals surface area contributed by atoms with Crippen LogP contribution in [0.3, 0.4) is 0 Å². The van der Waals surface area contributed by atoms with Gasteiger partial charge in [-0.25, -0.2) is 0 Å². The molecule has 0 saturated heterocycles. The first-order valence-electron chi connectivity index (χ1n) is 3.61. The van der Waals surface area contributed by atoms with E-state index in [1.165, 1.54) is 0 Å². The second kappa shape index (κ2) is 6.55. The third-order valence-corrected chi connectivity index (χ3v) is 0.853. The molecule has 0 aromatic carbocycles. The monoisotopic (exact) mass is 144 g/mol. The summed E-state index contributed by atoms with van der Waals surface area (Å²) in [6.45, 7) is 5.48. The molecule has 0 aliphatic rings. The van der Waals surface area contributed by atoms with Gasteiger partial charge in [-0.15, -0.1) is 0 Å². The van der Waals surface area contributed by atoms with E-state index in [-0.39, 0.29) is 0 Å². The van der Waals surface area contributed by atoms with Crippen LogP contribution in [-0.2, 0) is 4.84 Å². The zero-order valence-electron chi connectivity index (χ0n) is 6.71. The van der Waals surface area contributed by atoms with Crippen molar-refractivity contribution in [2.75, 3.05) is 13.2 Å². The van der Waals surface area contributed by atoms with Gasteiger partial charge in [0.15, 0.2) is 0 Å². The summed E-state index contributed by atoms with van der Waals surface area (Å²) >= 11 is 0. The largest absolute Gasteiger partial charge is 0.396 e. The quantitative estimate of drug-likeness (QED) is 0.462. The maximum absolute atomic E-state index is 5.22. The van der Waals surface area contributed by atoms with Crippen LogP contribution in [0.5, 0.6) is 0 Å². The predicted molar refractivity (Wildman–Crippen MR) is 43.0 cm³/mol. The van der Waals surface area contributed by atoms with Crippen LogP contribution in [0.2, 0.25) is 0 Å². The first-order chi connectivity index (χ1) is 4.77. The van der Waals surface area contributed by atoms with E-state index in [1.807, 2.05) is 0 Å². The fourth-order valence-corrected chi connectivity index (χ4v) is 0.372. The van der Waals surface area contributed by atoms with Crippen molar-refractivity contribution in [2.45, 2.75) is 20.3 Å². The van der Waals surface area contributed by atoms with Crippen LogP contribution in [-0.4, -0.2) is 19.4 Å². The Morgan fingerprint density at radius 2 is 2.30 bits per heavy atom. The van der Waals surface area contributed by atoms with Gasteiger partial charge in [-0.05, 0) is 18.9 Å². The van der Waals surface area contributed by atoms with E-state index >= 15 is 0 Å². The van der Waals surface area contributed by atoms with Crippen LogP contribution >= 0.6 is 0 Å². The molecule has 0 atom stereocenters. The van der Waals surface area contributed by atoms with Crippen LogP contribution < -0.4 is 5.73 Å². The third kappa shape index (κ3) is 7.43. The molecular formula is C7H16N2O. The number of oxime groups is 1. The lowest BCUT2D eigenvalue weighted by atomic mass is 10.2. The highest BCUT2D eigenvalue weighted by Gasteiger charge is 1.89. The summed E-state index contributed by atoms with van der Waals surface area (Å²) in [6, 6.07) is 0. The van der Waals surface area contributed by atoms with Gasteiger partial charge in [0.1, 0.15) is 6.61 Å². The molecule has 2 N–H and O–H groups in total. The summed E-state index contributed by atoms with van der Waals surface area (Å²) in [5, 5.41) is 3.70. The van der Waals surface area contributed by atoms with Crippen molar-refractivity contribution in [3.63, 3.8) is 0 Å². The number of nitrogens with zero attached hydrogens (tertiary/aromatic N) is 1. The van der Waals surface area contributed by atoms with Crippen molar-refractivity contribution in [3.8, 4) is 0 Å². The van der Waals surface area contributed by atoms with Gasteiger partial charge in [-0.3, -0.25) is 0 Å². The second-order valence-electron chi connectivity index (χ2n) is 2.55. The molecule has 3 heteroatoms. The van der Waals surface area contributed by atoms with Crippen molar-refractivity contribution < 1.29 is 4.84 Å². The van der Waals surface area contributed by atoms with Crippen molar-refractivity contribution in [1.29, 1.82) is 0 Å². The lowest BCUT2D eigenvalue weighted by molar-refractivity contribution is 0.119. The van der Waals surface area contributed by atoms with Gasteiger partial charge in [0.05, 0.1) is 0 Å². The molecule has 0 aromatic heterocycles. The Morgan fingerprint density at radius 3 is 2.80 bits per heavy atom. The van der Waals surface area contributed by atoms with Gasteiger partial charge in [0.2, 0.25) is 0 Å². The third-order valence-electron chi connectivity index (χ3n) is 0.853. The summed E-state index contributed by atoms with van der Waals surface area (Å²) in [5.74, 6) is 0.537. The number of rotatable bonds is 5. The lowest BCUT2D eigenvalue weighted by Crippen LogP contribution is -2.00. The van der Waals surface area contributed by atoms with E-state index in [9.17, 15) is 0 Å². The van der Waals surface area contributed by atoms with Gasteiger partial charge in [-0.2, -0.15) is 0 Å². The molecule has 0 aromatic rings. The Bertz CT molecular complexity index is 91.6. The molecule has 0 spiro atoms. The predicted octanol–water partition coefficient (Wildman–Crippen LogP) is 0.994. The van der Waals surface area contributed by atoms with Gasteiger partial charge >= 0.3 is 0 Å². The van der Waals surface area contributed by atoms with Crippen molar-refractivity contribution >= 4 is 6.21 Å².